The normalized spacial score (nSPS) is 11.4. The fraction of sp³-hybridized carbons (Fsp3) is 0.250. The quantitative estimate of drug-likeness (QED) is 0.734. The van der Waals surface area contributed by atoms with Crippen LogP contribution in [-0.2, 0) is 16.6 Å². The van der Waals surface area contributed by atoms with Gasteiger partial charge in [-0.2, -0.15) is 4.31 Å². The predicted molar refractivity (Wildman–Crippen MR) is 91.3 cm³/mol. The first-order valence-corrected chi connectivity index (χ1v) is 8.69. The Morgan fingerprint density at radius 3 is 2.20 bits per heavy atom. The first kappa shape index (κ1) is 21.4. The topological polar surface area (TPSA) is 63.4 Å². The summed E-state index contributed by atoms with van der Waals surface area (Å²) in [5.41, 5.74) is 6.10. The molecule has 0 atom stereocenters. The largest absolute Gasteiger partial charge is 0.330 e. The number of hydrogen-bond acceptors (Lipinski definition) is 3. The third-order valence-electron chi connectivity index (χ3n) is 3.43. The smallest absolute Gasteiger partial charge is 0.246 e. The average molecular weight is 395 g/mol. The van der Waals surface area contributed by atoms with Crippen LogP contribution in [0.3, 0.4) is 0 Å². The Labute approximate surface area is 150 Å². The molecule has 2 rings (SSSR count). The number of nitrogens with two attached hydrogens (primary N) is 1. The van der Waals surface area contributed by atoms with Gasteiger partial charge in [0, 0.05) is 13.1 Å². The number of rotatable bonds is 7. The van der Waals surface area contributed by atoms with Crippen LogP contribution < -0.4 is 5.73 Å². The van der Waals surface area contributed by atoms with Gasteiger partial charge < -0.3 is 5.73 Å². The first-order valence-electron chi connectivity index (χ1n) is 7.25. The summed E-state index contributed by atoms with van der Waals surface area (Å²) < 4.78 is 66.8. The molecule has 0 aliphatic rings. The zero-order valence-electron chi connectivity index (χ0n) is 13.2. The molecule has 0 heterocycles. The summed E-state index contributed by atoms with van der Waals surface area (Å²) in [5, 5.41) is 0. The molecule has 2 aromatic carbocycles. The molecule has 138 valence electrons. The van der Waals surface area contributed by atoms with Crippen molar-refractivity contribution in [3.05, 3.63) is 65.5 Å². The van der Waals surface area contributed by atoms with E-state index in [1.807, 2.05) is 0 Å². The molecule has 2 aromatic rings. The van der Waals surface area contributed by atoms with Crippen molar-refractivity contribution in [2.45, 2.75) is 17.9 Å². The van der Waals surface area contributed by atoms with Crippen LogP contribution in [0.5, 0.6) is 0 Å². The van der Waals surface area contributed by atoms with Gasteiger partial charge in [0.15, 0.2) is 17.5 Å². The Kier molecular flexibility index (Phi) is 7.88. The van der Waals surface area contributed by atoms with Crippen molar-refractivity contribution < 1.29 is 21.6 Å². The Morgan fingerprint density at radius 1 is 0.960 bits per heavy atom. The highest BCUT2D eigenvalue weighted by atomic mass is 35.5. The molecule has 0 saturated heterocycles. The molecule has 25 heavy (non-hydrogen) atoms. The number of sulfonamides is 1. The molecule has 0 amide bonds. The maximum atomic E-state index is 13.9. The van der Waals surface area contributed by atoms with E-state index in [1.54, 1.807) is 30.3 Å². The third kappa shape index (κ3) is 4.94. The Bertz CT molecular complexity index is 805. The zero-order valence-corrected chi connectivity index (χ0v) is 14.8. The number of benzene rings is 2. The van der Waals surface area contributed by atoms with Crippen molar-refractivity contribution >= 4 is 22.4 Å². The monoisotopic (exact) mass is 394 g/mol. The fourth-order valence-corrected chi connectivity index (χ4v) is 3.71. The van der Waals surface area contributed by atoms with Gasteiger partial charge in [0.25, 0.3) is 0 Å². The minimum atomic E-state index is -4.35. The molecule has 0 saturated carbocycles. The van der Waals surface area contributed by atoms with E-state index >= 15 is 0 Å². The zero-order chi connectivity index (χ0) is 17.7. The van der Waals surface area contributed by atoms with Gasteiger partial charge in [0.1, 0.15) is 4.90 Å². The van der Waals surface area contributed by atoms with Crippen LogP contribution in [0, 0.1) is 17.5 Å². The highest BCUT2D eigenvalue weighted by Gasteiger charge is 2.30. The van der Waals surface area contributed by atoms with E-state index in [9.17, 15) is 21.6 Å². The minimum absolute atomic E-state index is 0. The van der Waals surface area contributed by atoms with Crippen molar-refractivity contribution in [2.75, 3.05) is 13.1 Å². The van der Waals surface area contributed by atoms with E-state index in [-0.39, 0.29) is 32.0 Å². The lowest BCUT2D eigenvalue weighted by Crippen LogP contribution is -2.33. The fourth-order valence-electron chi connectivity index (χ4n) is 2.19. The van der Waals surface area contributed by atoms with E-state index < -0.39 is 32.4 Å². The summed E-state index contributed by atoms with van der Waals surface area (Å²) >= 11 is 0. The van der Waals surface area contributed by atoms with Crippen LogP contribution in [0.2, 0.25) is 0 Å². The molecule has 0 radical (unpaired) electrons. The SMILES string of the molecule is Cl.NCCCN(Cc1ccccc1)S(=O)(=O)c1ccc(F)c(F)c1F. The molecule has 0 spiro atoms. The van der Waals surface area contributed by atoms with Gasteiger partial charge >= 0.3 is 0 Å². The summed E-state index contributed by atoms with van der Waals surface area (Å²) in [7, 11) is -4.35. The number of nitrogens with zero attached hydrogens (tertiary/aromatic N) is 1. The van der Waals surface area contributed by atoms with E-state index in [2.05, 4.69) is 0 Å². The third-order valence-corrected chi connectivity index (χ3v) is 5.29. The lowest BCUT2D eigenvalue weighted by molar-refractivity contribution is 0.391. The molecule has 0 bridgehead atoms. The van der Waals surface area contributed by atoms with E-state index in [0.717, 1.165) is 10.4 Å². The highest BCUT2D eigenvalue weighted by Crippen LogP contribution is 2.24. The minimum Gasteiger partial charge on any atom is -0.330 e. The van der Waals surface area contributed by atoms with Crippen molar-refractivity contribution in [2.24, 2.45) is 5.73 Å². The lowest BCUT2D eigenvalue weighted by Gasteiger charge is -2.22. The van der Waals surface area contributed by atoms with Gasteiger partial charge in [0.2, 0.25) is 10.0 Å². The summed E-state index contributed by atoms with van der Waals surface area (Å²) in [5.74, 6) is -4.97. The van der Waals surface area contributed by atoms with Crippen LogP contribution in [-0.4, -0.2) is 25.8 Å². The maximum Gasteiger partial charge on any atom is 0.246 e. The second kappa shape index (κ2) is 9.19. The van der Waals surface area contributed by atoms with Crippen molar-refractivity contribution in [3.8, 4) is 0 Å². The standard InChI is InChI=1S/C16H17F3N2O2S.ClH/c17-13-7-8-14(16(19)15(13)18)24(22,23)21(10-4-9-20)11-12-5-2-1-3-6-12;/h1-3,5-8H,4,9-11,20H2;1H. The summed E-state index contributed by atoms with van der Waals surface area (Å²) in [6.45, 7) is 0.245. The second-order valence-corrected chi connectivity index (χ2v) is 7.05. The van der Waals surface area contributed by atoms with Gasteiger partial charge in [-0.05, 0) is 30.7 Å². The first-order chi connectivity index (χ1) is 11.4. The van der Waals surface area contributed by atoms with Crippen molar-refractivity contribution in [1.82, 2.24) is 4.31 Å². The van der Waals surface area contributed by atoms with Crippen LogP contribution in [0.1, 0.15) is 12.0 Å². The van der Waals surface area contributed by atoms with Gasteiger partial charge in [0.05, 0.1) is 0 Å². The molecule has 0 aliphatic carbocycles. The lowest BCUT2D eigenvalue weighted by atomic mass is 10.2. The second-order valence-electron chi connectivity index (χ2n) is 5.14. The molecule has 0 fully saturated rings. The van der Waals surface area contributed by atoms with Crippen molar-refractivity contribution in [1.29, 1.82) is 0 Å². The van der Waals surface area contributed by atoms with Gasteiger partial charge in [-0.15, -0.1) is 12.4 Å². The van der Waals surface area contributed by atoms with Gasteiger partial charge in [-0.1, -0.05) is 30.3 Å². The summed E-state index contributed by atoms with van der Waals surface area (Å²) in [4.78, 5) is -0.894. The van der Waals surface area contributed by atoms with E-state index in [0.29, 0.717) is 18.1 Å². The Hall–Kier alpha value is -1.61. The van der Waals surface area contributed by atoms with Gasteiger partial charge in [-0.3, -0.25) is 0 Å². The Morgan fingerprint density at radius 2 is 1.60 bits per heavy atom. The average Bonchev–Trinajstić information content (AvgIpc) is 2.57. The van der Waals surface area contributed by atoms with Crippen LogP contribution in [0.4, 0.5) is 13.2 Å². The maximum absolute atomic E-state index is 13.9. The summed E-state index contributed by atoms with van der Waals surface area (Å²) in [6.07, 6.45) is 0.345. The summed E-state index contributed by atoms with van der Waals surface area (Å²) in [6, 6.07) is 10.00. The van der Waals surface area contributed by atoms with Crippen LogP contribution in [0.15, 0.2) is 47.4 Å². The highest BCUT2D eigenvalue weighted by molar-refractivity contribution is 7.89. The number of hydrogen-bond donors (Lipinski definition) is 1. The molecule has 9 heteroatoms. The molecule has 0 aromatic heterocycles. The van der Waals surface area contributed by atoms with Gasteiger partial charge in [-0.25, -0.2) is 21.6 Å². The predicted octanol–water partition coefficient (Wildman–Crippen LogP) is 3.07. The molecule has 2 N–H and O–H groups in total. The van der Waals surface area contributed by atoms with Crippen LogP contribution in [0.25, 0.3) is 0 Å². The van der Waals surface area contributed by atoms with E-state index in [4.69, 9.17) is 5.73 Å². The van der Waals surface area contributed by atoms with Crippen molar-refractivity contribution in [3.63, 3.8) is 0 Å². The van der Waals surface area contributed by atoms with E-state index in [1.165, 1.54) is 0 Å². The molecule has 4 nitrogen and oxygen atoms in total. The Balaban J connectivity index is 0.00000312. The molecular weight excluding hydrogens is 377 g/mol. The molecular formula is C16H18ClF3N2O2S. The number of halogens is 4. The molecule has 0 aliphatic heterocycles. The van der Waals surface area contributed by atoms with Crippen LogP contribution >= 0.6 is 12.4 Å². The molecule has 0 unspecified atom stereocenters.